The van der Waals surface area contributed by atoms with Crippen molar-refractivity contribution in [2.45, 2.75) is 192 Å². The number of nitrogens with one attached hydrogen (secondary N) is 8. The van der Waals surface area contributed by atoms with E-state index < -0.39 is 143 Å². The molecule has 10 amide bonds. The standard InChI is InChI=1S/C72H100N12O10/c1-43(2)41-53-71(93)83-39-23-35-55(83)65(87)81-61(57(47-25-13-9-14-26-47)48-27-15-10-16-28-48)69(91)80-60(46(7)8)68(90)76-52(34-22-38-74)64(86)78-54(42-44(3)4)72(94)84-40-24-36-56(84)66(88)82-62(58(49-29-17-11-18-30-49)50-31-19-12-20-32-50)70(92)79-59(45(5)6)67(89)75-51(33-21-37-73)63(85)77-53/h9-20,25-32,43-46,51-62H,21-24,33-42,73-74H2,1-8H3,(H,75,89)(H,76,90)(H,77,85)(H,78,86)(H,79,92)(H,80,91)(H,81,87)(H,82,88)/t51-,52-,53-,54-,55+,56+,59-,60-,61-,62-/m0/s1. The van der Waals surface area contributed by atoms with E-state index in [1.807, 2.05) is 149 Å². The van der Waals surface area contributed by atoms with E-state index in [-0.39, 0.29) is 89.4 Å². The van der Waals surface area contributed by atoms with Crippen molar-refractivity contribution in [2.24, 2.45) is 35.1 Å². The van der Waals surface area contributed by atoms with Crippen LogP contribution in [0.25, 0.3) is 0 Å². The summed E-state index contributed by atoms with van der Waals surface area (Å²) in [6.45, 7) is 15.0. The summed E-state index contributed by atoms with van der Waals surface area (Å²) in [6, 6.07) is 23.9. The van der Waals surface area contributed by atoms with Gasteiger partial charge in [-0.25, -0.2) is 0 Å². The fraction of sp³-hybridized carbons (Fsp3) is 0.528. The van der Waals surface area contributed by atoms with Crippen LogP contribution in [0.4, 0.5) is 0 Å². The van der Waals surface area contributed by atoms with Crippen molar-refractivity contribution in [2.75, 3.05) is 26.2 Å². The fourth-order valence-corrected chi connectivity index (χ4v) is 13.1. The van der Waals surface area contributed by atoms with Crippen molar-refractivity contribution in [1.29, 1.82) is 0 Å². The molecule has 0 radical (unpaired) electrons. The Balaban J connectivity index is 1.34. The highest BCUT2D eigenvalue weighted by Crippen LogP contribution is 2.32. The molecule has 3 saturated heterocycles. The number of rotatable bonds is 18. The van der Waals surface area contributed by atoms with E-state index in [4.69, 9.17) is 11.5 Å². The van der Waals surface area contributed by atoms with Crippen LogP contribution < -0.4 is 54.0 Å². The first-order valence-electron chi connectivity index (χ1n) is 33.7. The summed E-state index contributed by atoms with van der Waals surface area (Å²) in [7, 11) is 0. The molecule has 4 aromatic rings. The lowest BCUT2D eigenvalue weighted by Crippen LogP contribution is -2.62. The first-order valence-corrected chi connectivity index (χ1v) is 33.7. The molecule has 0 bridgehead atoms. The van der Waals surface area contributed by atoms with Gasteiger partial charge < -0.3 is 63.8 Å². The first-order chi connectivity index (χ1) is 45.0. The lowest BCUT2D eigenvalue weighted by Gasteiger charge is -2.35. The summed E-state index contributed by atoms with van der Waals surface area (Å²) < 4.78 is 0. The maximum Gasteiger partial charge on any atom is 0.245 e. The number of carbonyl (C=O) groups is 10. The topological polar surface area (TPSA) is 325 Å². The van der Waals surface area contributed by atoms with Gasteiger partial charge in [0.15, 0.2) is 0 Å². The average molecular weight is 1290 g/mol. The summed E-state index contributed by atoms with van der Waals surface area (Å²) in [5, 5.41) is 23.6. The second kappa shape index (κ2) is 35.1. The summed E-state index contributed by atoms with van der Waals surface area (Å²) >= 11 is 0. The zero-order chi connectivity index (χ0) is 68.2. The molecule has 0 saturated carbocycles. The Kier molecular flexibility index (Phi) is 27.3. The zero-order valence-electron chi connectivity index (χ0n) is 55.8. The summed E-state index contributed by atoms with van der Waals surface area (Å²) in [5.74, 6) is -9.90. The van der Waals surface area contributed by atoms with Crippen LogP contribution >= 0.6 is 0 Å². The van der Waals surface area contributed by atoms with Crippen molar-refractivity contribution >= 4 is 59.1 Å². The maximum absolute atomic E-state index is 15.5. The fourth-order valence-electron chi connectivity index (χ4n) is 13.1. The molecule has 7 rings (SSSR count). The minimum Gasteiger partial charge on any atom is -0.343 e. The van der Waals surface area contributed by atoms with Gasteiger partial charge in [-0.05, 0) is 123 Å². The van der Waals surface area contributed by atoms with Crippen molar-refractivity contribution in [3.63, 3.8) is 0 Å². The third kappa shape index (κ3) is 19.3. The monoisotopic (exact) mass is 1290 g/mol. The molecule has 10 atom stereocenters. The Bertz CT molecular complexity index is 2900. The molecule has 508 valence electrons. The highest BCUT2D eigenvalue weighted by molar-refractivity contribution is 6.00. The molecule has 22 heteroatoms. The average Bonchev–Trinajstić information content (AvgIpc) is 1.23. The predicted octanol–water partition coefficient (Wildman–Crippen LogP) is 4.41. The maximum atomic E-state index is 15.5. The lowest BCUT2D eigenvalue weighted by molar-refractivity contribution is -0.143. The molecule has 94 heavy (non-hydrogen) atoms. The van der Waals surface area contributed by atoms with Gasteiger partial charge in [-0.2, -0.15) is 0 Å². The highest BCUT2D eigenvalue weighted by atomic mass is 16.2. The second-order valence-corrected chi connectivity index (χ2v) is 26.8. The number of nitrogens with two attached hydrogens (primary N) is 2. The van der Waals surface area contributed by atoms with Gasteiger partial charge in [-0.15, -0.1) is 0 Å². The highest BCUT2D eigenvalue weighted by Gasteiger charge is 2.45. The molecule has 3 fully saturated rings. The van der Waals surface area contributed by atoms with Crippen LogP contribution in [-0.4, -0.2) is 155 Å². The molecule has 22 nitrogen and oxygen atoms in total. The van der Waals surface area contributed by atoms with Crippen molar-refractivity contribution in [3.8, 4) is 0 Å². The van der Waals surface area contributed by atoms with Crippen molar-refractivity contribution in [3.05, 3.63) is 144 Å². The second-order valence-electron chi connectivity index (χ2n) is 26.8. The summed E-state index contributed by atoms with van der Waals surface area (Å²) in [4.78, 5) is 154. The molecule has 3 aliphatic rings. The van der Waals surface area contributed by atoms with Crippen LogP contribution in [0.3, 0.4) is 0 Å². The number of amides is 10. The van der Waals surface area contributed by atoms with Crippen LogP contribution in [0, 0.1) is 23.7 Å². The van der Waals surface area contributed by atoms with Gasteiger partial charge >= 0.3 is 0 Å². The third-order valence-corrected chi connectivity index (χ3v) is 17.9. The molecule has 4 aromatic carbocycles. The largest absolute Gasteiger partial charge is 0.343 e. The van der Waals surface area contributed by atoms with E-state index in [9.17, 15) is 19.2 Å². The predicted molar refractivity (Wildman–Crippen MR) is 360 cm³/mol. The minimum atomic E-state index is -1.41. The van der Waals surface area contributed by atoms with E-state index in [2.05, 4.69) is 42.5 Å². The SMILES string of the molecule is CC(C)C[C@@H]1NC(=O)[C@H](CCCN)NC(=O)[C@H](C(C)C)NC(=O)[C@H](C(c2ccccc2)c2ccccc2)NC(=O)[C@H]2CCCN2C(=O)[C@H](CC(C)C)NC(=O)[C@H](CCCN)NC(=O)[C@H](C(C)C)NC(=O)[C@H](C(c2ccccc2)c2ccccc2)NC(=O)[C@H]2CCCN2C1=O. The molecule has 0 unspecified atom stereocenters. The van der Waals surface area contributed by atoms with Crippen LogP contribution in [0.1, 0.15) is 154 Å². The van der Waals surface area contributed by atoms with Gasteiger partial charge in [0.1, 0.15) is 60.4 Å². The van der Waals surface area contributed by atoms with E-state index >= 15 is 28.8 Å². The minimum absolute atomic E-state index is 0.0485. The Labute approximate surface area is 553 Å². The number of fused-ring (bicyclic) bond motifs is 2. The van der Waals surface area contributed by atoms with Crippen LogP contribution in [0.5, 0.6) is 0 Å². The first kappa shape index (κ1) is 72.9. The Morgan fingerprint density at radius 1 is 0.362 bits per heavy atom. The molecule has 0 aromatic heterocycles. The van der Waals surface area contributed by atoms with Gasteiger partial charge in [-0.3, -0.25) is 47.9 Å². The number of hydrogen-bond donors (Lipinski definition) is 10. The Hall–Kier alpha value is -8.50. The van der Waals surface area contributed by atoms with E-state index in [1.165, 1.54) is 9.80 Å². The number of nitrogens with zero attached hydrogens (tertiary/aromatic N) is 2. The van der Waals surface area contributed by atoms with Crippen molar-refractivity contribution < 1.29 is 47.9 Å². The molecule has 0 aliphatic carbocycles. The van der Waals surface area contributed by atoms with Gasteiger partial charge in [0, 0.05) is 24.9 Å². The Morgan fingerprint density at radius 3 is 0.915 bits per heavy atom. The Morgan fingerprint density at radius 2 is 0.638 bits per heavy atom. The van der Waals surface area contributed by atoms with Gasteiger partial charge in [-0.1, -0.05) is 177 Å². The van der Waals surface area contributed by atoms with Gasteiger partial charge in [0.05, 0.1) is 0 Å². The van der Waals surface area contributed by atoms with Gasteiger partial charge in [0.2, 0.25) is 59.1 Å². The summed E-state index contributed by atoms with van der Waals surface area (Å²) in [6.07, 6.45) is 2.17. The molecule has 3 heterocycles. The van der Waals surface area contributed by atoms with Crippen LogP contribution in [-0.2, 0) is 47.9 Å². The molecule has 12 N–H and O–H groups in total. The zero-order valence-corrected chi connectivity index (χ0v) is 55.8. The van der Waals surface area contributed by atoms with Crippen LogP contribution in [0.2, 0.25) is 0 Å². The normalized spacial score (nSPS) is 24.7. The molecule has 0 spiro atoms. The quantitative estimate of drug-likeness (QED) is 0.0663. The van der Waals surface area contributed by atoms with E-state index in [0.717, 1.165) is 0 Å². The van der Waals surface area contributed by atoms with E-state index in [1.54, 1.807) is 27.7 Å². The lowest BCUT2D eigenvalue weighted by atomic mass is 9.84. The molecule has 3 aliphatic heterocycles. The summed E-state index contributed by atoms with van der Waals surface area (Å²) in [5.41, 5.74) is 14.7. The number of carbonyl (C=O) groups excluding carboxylic acids is 10. The number of benzene rings is 4. The number of hydrogen-bond acceptors (Lipinski definition) is 12. The van der Waals surface area contributed by atoms with Crippen LogP contribution in [0.15, 0.2) is 121 Å². The molecular formula is C72H100N12O10. The smallest absolute Gasteiger partial charge is 0.245 e. The van der Waals surface area contributed by atoms with Crippen molar-refractivity contribution in [1.82, 2.24) is 52.3 Å². The van der Waals surface area contributed by atoms with Gasteiger partial charge in [0.25, 0.3) is 0 Å². The third-order valence-electron chi connectivity index (χ3n) is 17.9. The molecular weight excluding hydrogens is 1190 g/mol. The van der Waals surface area contributed by atoms with E-state index in [0.29, 0.717) is 35.1 Å².